The Balaban J connectivity index is 1.51. The number of ether oxygens (including phenoxy) is 1. The van der Waals surface area contributed by atoms with Gasteiger partial charge in [0.1, 0.15) is 18.2 Å². The SMILES string of the molecule is N[C@@H](CC(=O)O)c1ncc(-c2ccc(OCc3ccc(-c4ccccc4)cc3)c(C(F)(F)F)c2)cn1. The topological polar surface area (TPSA) is 98.3 Å². The molecule has 1 atom stereocenters. The summed E-state index contributed by atoms with van der Waals surface area (Å²) in [6.45, 7) is -0.0310. The van der Waals surface area contributed by atoms with Crippen LogP contribution in [0.25, 0.3) is 22.3 Å². The first-order valence-corrected chi connectivity index (χ1v) is 11.0. The summed E-state index contributed by atoms with van der Waals surface area (Å²) in [6, 6.07) is 20.0. The second kappa shape index (κ2) is 10.6. The molecular formula is C27H22F3N3O3. The highest BCUT2D eigenvalue weighted by molar-refractivity contribution is 5.68. The van der Waals surface area contributed by atoms with E-state index in [-0.39, 0.29) is 30.2 Å². The monoisotopic (exact) mass is 493 g/mol. The number of hydrogen-bond donors (Lipinski definition) is 2. The first-order valence-electron chi connectivity index (χ1n) is 11.0. The molecule has 3 N–H and O–H groups in total. The molecule has 1 heterocycles. The van der Waals surface area contributed by atoms with Crippen LogP contribution in [0.5, 0.6) is 5.75 Å². The average molecular weight is 493 g/mol. The molecule has 3 aromatic carbocycles. The molecule has 0 saturated carbocycles. The number of alkyl halides is 3. The summed E-state index contributed by atoms with van der Waals surface area (Å²) in [4.78, 5) is 18.8. The van der Waals surface area contributed by atoms with E-state index in [1.165, 1.54) is 24.5 Å². The Morgan fingerprint density at radius 1 is 0.889 bits per heavy atom. The lowest BCUT2D eigenvalue weighted by atomic mass is 10.0. The van der Waals surface area contributed by atoms with E-state index in [0.29, 0.717) is 5.56 Å². The average Bonchev–Trinajstić information content (AvgIpc) is 2.87. The van der Waals surface area contributed by atoms with Gasteiger partial charge in [-0.1, -0.05) is 60.7 Å². The summed E-state index contributed by atoms with van der Waals surface area (Å²) >= 11 is 0. The molecule has 0 radical (unpaired) electrons. The lowest BCUT2D eigenvalue weighted by molar-refractivity contribution is -0.139. The van der Waals surface area contributed by atoms with Gasteiger partial charge < -0.3 is 15.6 Å². The quantitative estimate of drug-likeness (QED) is 0.318. The number of rotatable bonds is 8. The van der Waals surface area contributed by atoms with Crippen molar-refractivity contribution in [2.45, 2.75) is 25.2 Å². The van der Waals surface area contributed by atoms with Crippen LogP contribution in [0.1, 0.15) is 29.4 Å². The number of carboxylic acids is 1. The highest BCUT2D eigenvalue weighted by atomic mass is 19.4. The van der Waals surface area contributed by atoms with Crippen molar-refractivity contribution in [2.75, 3.05) is 0 Å². The third-order valence-electron chi connectivity index (χ3n) is 5.47. The first kappa shape index (κ1) is 24.9. The van der Waals surface area contributed by atoms with E-state index in [9.17, 15) is 18.0 Å². The van der Waals surface area contributed by atoms with Crippen LogP contribution in [-0.4, -0.2) is 21.0 Å². The molecule has 0 bridgehead atoms. The first-order chi connectivity index (χ1) is 17.2. The van der Waals surface area contributed by atoms with Crippen LogP contribution in [0.15, 0.2) is 85.2 Å². The number of halogens is 3. The highest BCUT2D eigenvalue weighted by Gasteiger charge is 2.35. The largest absolute Gasteiger partial charge is 0.488 e. The third-order valence-corrected chi connectivity index (χ3v) is 5.47. The van der Waals surface area contributed by atoms with Crippen molar-refractivity contribution in [3.8, 4) is 28.0 Å². The van der Waals surface area contributed by atoms with Gasteiger partial charge in [0.15, 0.2) is 0 Å². The number of aliphatic carboxylic acids is 1. The van der Waals surface area contributed by atoms with Crippen LogP contribution in [0, 0.1) is 0 Å². The molecule has 0 aliphatic rings. The van der Waals surface area contributed by atoms with E-state index in [1.54, 1.807) is 0 Å². The van der Waals surface area contributed by atoms with Crippen LogP contribution in [0.2, 0.25) is 0 Å². The molecule has 9 heteroatoms. The fraction of sp³-hybridized carbons (Fsp3) is 0.148. The van der Waals surface area contributed by atoms with Gasteiger partial charge in [0.25, 0.3) is 0 Å². The van der Waals surface area contributed by atoms with Crippen molar-refractivity contribution >= 4 is 5.97 Å². The maximum absolute atomic E-state index is 13.8. The minimum Gasteiger partial charge on any atom is -0.488 e. The van der Waals surface area contributed by atoms with E-state index >= 15 is 0 Å². The molecule has 36 heavy (non-hydrogen) atoms. The maximum atomic E-state index is 13.8. The molecule has 0 unspecified atom stereocenters. The number of carbonyl (C=O) groups is 1. The van der Waals surface area contributed by atoms with E-state index in [0.717, 1.165) is 22.8 Å². The second-order valence-corrected chi connectivity index (χ2v) is 8.09. The fourth-order valence-electron chi connectivity index (χ4n) is 3.60. The van der Waals surface area contributed by atoms with Crippen LogP contribution in [-0.2, 0) is 17.6 Å². The van der Waals surface area contributed by atoms with Crippen molar-refractivity contribution in [3.05, 3.63) is 102 Å². The van der Waals surface area contributed by atoms with Crippen LogP contribution >= 0.6 is 0 Å². The molecule has 0 saturated heterocycles. The van der Waals surface area contributed by atoms with Gasteiger partial charge in [-0.3, -0.25) is 4.79 Å². The molecule has 4 aromatic rings. The molecule has 0 amide bonds. The Hall–Kier alpha value is -4.24. The molecule has 184 valence electrons. The lowest BCUT2D eigenvalue weighted by Gasteiger charge is -2.16. The molecule has 0 aliphatic carbocycles. The Labute approximate surface area is 205 Å². The van der Waals surface area contributed by atoms with Gasteiger partial charge in [-0.05, 0) is 34.4 Å². The van der Waals surface area contributed by atoms with Crippen molar-refractivity contribution in [1.82, 2.24) is 9.97 Å². The Morgan fingerprint density at radius 3 is 2.11 bits per heavy atom. The zero-order valence-electron chi connectivity index (χ0n) is 18.9. The number of aromatic nitrogens is 2. The Kier molecular flexibility index (Phi) is 7.30. The van der Waals surface area contributed by atoms with E-state index < -0.39 is 23.8 Å². The van der Waals surface area contributed by atoms with Crippen LogP contribution in [0.4, 0.5) is 13.2 Å². The molecule has 0 fully saturated rings. The molecule has 1 aromatic heterocycles. The molecule has 0 spiro atoms. The van der Waals surface area contributed by atoms with Crippen molar-refractivity contribution in [1.29, 1.82) is 0 Å². The van der Waals surface area contributed by atoms with Crippen LogP contribution < -0.4 is 10.5 Å². The fourth-order valence-corrected chi connectivity index (χ4v) is 3.60. The number of nitrogens with zero attached hydrogens (tertiary/aromatic N) is 2. The van der Waals surface area contributed by atoms with E-state index in [1.807, 2.05) is 54.6 Å². The minimum absolute atomic E-state index is 0.0310. The summed E-state index contributed by atoms with van der Waals surface area (Å²) < 4.78 is 47.0. The summed E-state index contributed by atoms with van der Waals surface area (Å²) in [5.41, 5.74) is 8.14. The smallest absolute Gasteiger partial charge is 0.419 e. The van der Waals surface area contributed by atoms with Gasteiger partial charge >= 0.3 is 12.1 Å². The van der Waals surface area contributed by atoms with Crippen molar-refractivity contribution in [3.63, 3.8) is 0 Å². The van der Waals surface area contributed by atoms with Crippen LogP contribution in [0.3, 0.4) is 0 Å². The molecule has 0 aliphatic heterocycles. The second-order valence-electron chi connectivity index (χ2n) is 8.09. The predicted molar refractivity (Wildman–Crippen MR) is 128 cm³/mol. The van der Waals surface area contributed by atoms with E-state index in [2.05, 4.69) is 9.97 Å². The predicted octanol–water partition coefficient (Wildman–Crippen LogP) is 5.88. The number of hydrogen-bond acceptors (Lipinski definition) is 5. The van der Waals surface area contributed by atoms with Gasteiger partial charge in [0, 0.05) is 18.0 Å². The number of carboxylic acid groups (broad SMARTS) is 1. The van der Waals surface area contributed by atoms with Crippen molar-refractivity contribution < 1.29 is 27.8 Å². The summed E-state index contributed by atoms with van der Waals surface area (Å²) in [5.74, 6) is -1.30. The van der Waals surface area contributed by atoms with Gasteiger partial charge in [0.2, 0.25) is 0 Å². The molecule has 4 rings (SSSR count). The highest BCUT2D eigenvalue weighted by Crippen LogP contribution is 2.39. The minimum atomic E-state index is -4.65. The van der Waals surface area contributed by atoms with E-state index in [4.69, 9.17) is 15.6 Å². The maximum Gasteiger partial charge on any atom is 0.419 e. The lowest BCUT2D eigenvalue weighted by Crippen LogP contribution is -2.17. The summed E-state index contributed by atoms with van der Waals surface area (Å²) in [6.07, 6.45) is -2.38. The Morgan fingerprint density at radius 2 is 1.50 bits per heavy atom. The standard InChI is InChI=1S/C27H22F3N3O3/c28-27(29,30)22-12-20(21-14-32-26(33-15-21)23(31)13-25(34)35)10-11-24(22)36-16-17-6-8-19(9-7-17)18-4-2-1-3-5-18/h1-12,14-15,23H,13,16,31H2,(H,34,35)/t23-/m0/s1. The van der Waals surface area contributed by atoms with Gasteiger partial charge in [-0.2, -0.15) is 13.2 Å². The van der Waals surface area contributed by atoms with Crippen molar-refractivity contribution in [2.24, 2.45) is 5.73 Å². The van der Waals surface area contributed by atoms with Gasteiger partial charge in [0.05, 0.1) is 18.0 Å². The Bertz CT molecular complexity index is 1330. The van der Waals surface area contributed by atoms with Gasteiger partial charge in [-0.25, -0.2) is 9.97 Å². The van der Waals surface area contributed by atoms with Gasteiger partial charge in [-0.15, -0.1) is 0 Å². The molecule has 6 nitrogen and oxygen atoms in total. The number of benzene rings is 3. The third kappa shape index (κ3) is 6.05. The normalized spacial score (nSPS) is 12.2. The molecular weight excluding hydrogens is 471 g/mol. The zero-order valence-corrected chi connectivity index (χ0v) is 18.9. The summed E-state index contributed by atoms with van der Waals surface area (Å²) in [7, 11) is 0. The summed E-state index contributed by atoms with van der Waals surface area (Å²) in [5, 5.41) is 8.83. The zero-order chi connectivity index (χ0) is 25.7. The number of nitrogens with two attached hydrogens (primary N) is 1.